The molecular formula is C13H10BrN5O3S. The summed E-state index contributed by atoms with van der Waals surface area (Å²) in [5.41, 5.74) is 1.35. The maximum Gasteiger partial charge on any atom is 0.293 e. The quantitative estimate of drug-likeness (QED) is 0.795. The van der Waals surface area contributed by atoms with E-state index in [1.165, 1.54) is 14.2 Å². The fourth-order valence-corrected chi connectivity index (χ4v) is 3.26. The van der Waals surface area contributed by atoms with Crippen molar-refractivity contribution in [2.24, 2.45) is 0 Å². The fraction of sp³-hybridized carbons (Fsp3) is 0.154. The molecule has 1 fully saturated rings. The fourth-order valence-electron chi connectivity index (χ4n) is 1.99. The lowest BCUT2D eigenvalue weighted by molar-refractivity contribution is -0.121. The van der Waals surface area contributed by atoms with Gasteiger partial charge in [-0.3, -0.25) is 14.5 Å². The molecule has 1 aliphatic heterocycles. The summed E-state index contributed by atoms with van der Waals surface area (Å²) >= 11 is 4.35. The second kappa shape index (κ2) is 6.13. The highest BCUT2D eigenvalue weighted by molar-refractivity contribution is 9.10. The number of nitrogens with zero attached hydrogens (tertiary/aromatic N) is 4. The van der Waals surface area contributed by atoms with Gasteiger partial charge in [0.05, 0.1) is 17.6 Å². The first-order valence-electron chi connectivity index (χ1n) is 6.34. The van der Waals surface area contributed by atoms with Crippen LogP contribution in [0.15, 0.2) is 21.5 Å². The van der Waals surface area contributed by atoms with E-state index in [1.54, 1.807) is 18.2 Å². The summed E-state index contributed by atoms with van der Waals surface area (Å²) in [5.74, 6) is 0.590. The molecule has 2 aromatic rings. The van der Waals surface area contributed by atoms with Crippen LogP contribution in [0.4, 0.5) is 4.79 Å². The number of hydrogen-bond donors (Lipinski definition) is 1. The molecule has 0 radical (unpaired) electrons. The van der Waals surface area contributed by atoms with Crippen molar-refractivity contribution in [3.8, 4) is 17.1 Å². The first kappa shape index (κ1) is 15.7. The number of likely N-dealkylation sites (N-methyl/N-ethyl adjacent to an activating group) is 1. The number of aromatic nitrogens is 4. The molecule has 0 spiro atoms. The molecule has 1 N–H and O–H groups in total. The van der Waals surface area contributed by atoms with Gasteiger partial charge < -0.3 is 4.74 Å². The number of H-pyrrole nitrogens is 1. The number of aromatic amines is 1. The highest BCUT2D eigenvalue weighted by atomic mass is 79.9. The van der Waals surface area contributed by atoms with Gasteiger partial charge in [0.15, 0.2) is 0 Å². The normalized spacial score (nSPS) is 16.5. The molecule has 0 aliphatic carbocycles. The van der Waals surface area contributed by atoms with Crippen LogP contribution in [0.3, 0.4) is 0 Å². The maximum absolute atomic E-state index is 12.0. The number of methoxy groups -OCH3 is 1. The van der Waals surface area contributed by atoms with Gasteiger partial charge in [-0.25, -0.2) is 0 Å². The van der Waals surface area contributed by atoms with Gasteiger partial charge in [0, 0.05) is 11.5 Å². The standard InChI is InChI=1S/C13H10BrN5O3S/c1-19-12(20)10(23-13(19)21)4-6-3-9(22-2)7(5-8(6)14)11-15-17-18-16-11/h3-5H,1-2H3,(H,15,16,17,18)/b10-4-. The zero-order valence-electron chi connectivity index (χ0n) is 12.0. The smallest absolute Gasteiger partial charge is 0.293 e. The van der Waals surface area contributed by atoms with Crippen LogP contribution in [0, 0.1) is 0 Å². The monoisotopic (exact) mass is 395 g/mol. The molecule has 1 saturated heterocycles. The number of thioether (sulfide) groups is 1. The SMILES string of the molecule is COc1cc(/C=C2\SC(=O)N(C)C2=O)c(Br)cc1-c1nn[nH]n1. The van der Waals surface area contributed by atoms with Crippen molar-refractivity contribution in [1.82, 2.24) is 25.5 Å². The van der Waals surface area contributed by atoms with Crippen LogP contribution in [0.25, 0.3) is 17.5 Å². The lowest BCUT2D eigenvalue weighted by atomic mass is 10.1. The van der Waals surface area contributed by atoms with E-state index < -0.39 is 0 Å². The third kappa shape index (κ3) is 2.86. The lowest BCUT2D eigenvalue weighted by Crippen LogP contribution is -2.22. The minimum Gasteiger partial charge on any atom is -0.496 e. The molecule has 2 heterocycles. The van der Waals surface area contributed by atoms with Crippen molar-refractivity contribution in [3.05, 3.63) is 27.1 Å². The molecule has 8 nitrogen and oxygen atoms in total. The molecule has 23 heavy (non-hydrogen) atoms. The van der Waals surface area contributed by atoms with Crippen LogP contribution < -0.4 is 4.74 Å². The average molecular weight is 396 g/mol. The van der Waals surface area contributed by atoms with E-state index in [0.29, 0.717) is 32.1 Å². The highest BCUT2D eigenvalue weighted by Gasteiger charge is 2.32. The minimum absolute atomic E-state index is 0.298. The van der Waals surface area contributed by atoms with Crippen molar-refractivity contribution in [2.45, 2.75) is 0 Å². The Morgan fingerprint density at radius 2 is 2.17 bits per heavy atom. The van der Waals surface area contributed by atoms with Crippen LogP contribution >= 0.6 is 27.7 Å². The molecule has 1 aromatic carbocycles. The Kier molecular flexibility index (Phi) is 4.18. The van der Waals surface area contributed by atoms with E-state index >= 15 is 0 Å². The molecule has 10 heteroatoms. The second-order valence-corrected chi connectivity index (χ2v) is 6.40. The van der Waals surface area contributed by atoms with Crippen LogP contribution in [-0.4, -0.2) is 50.8 Å². The lowest BCUT2D eigenvalue weighted by Gasteiger charge is -2.09. The van der Waals surface area contributed by atoms with Gasteiger partial charge in [-0.2, -0.15) is 5.21 Å². The Bertz CT molecular complexity index is 821. The Balaban J connectivity index is 2.05. The van der Waals surface area contributed by atoms with Gasteiger partial charge in [0.25, 0.3) is 11.1 Å². The average Bonchev–Trinajstić information content (AvgIpc) is 3.15. The van der Waals surface area contributed by atoms with E-state index in [2.05, 4.69) is 36.6 Å². The largest absolute Gasteiger partial charge is 0.496 e. The molecule has 0 saturated carbocycles. The zero-order valence-corrected chi connectivity index (χ0v) is 14.4. The van der Waals surface area contributed by atoms with Gasteiger partial charge >= 0.3 is 0 Å². The summed E-state index contributed by atoms with van der Waals surface area (Å²) in [6, 6.07) is 3.51. The zero-order chi connectivity index (χ0) is 16.6. The van der Waals surface area contributed by atoms with E-state index in [4.69, 9.17) is 4.74 Å². The number of halogens is 1. The molecule has 0 unspecified atom stereocenters. The van der Waals surface area contributed by atoms with Crippen LogP contribution in [0.2, 0.25) is 0 Å². The number of carbonyl (C=O) groups is 2. The summed E-state index contributed by atoms with van der Waals surface area (Å²) in [7, 11) is 2.98. The maximum atomic E-state index is 12.0. The first-order valence-corrected chi connectivity index (χ1v) is 7.95. The van der Waals surface area contributed by atoms with Crippen LogP contribution in [0.5, 0.6) is 5.75 Å². The summed E-state index contributed by atoms with van der Waals surface area (Å²) in [4.78, 5) is 25.0. The number of benzene rings is 1. The van der Waals surface area contributed by atoms with E-state index in [1.807, 2.05) is 0 Å². The number of imide groups is 1. The van der Waals surface area contributed by atoms with Gasteiger partial charge in [0.2, 0.25) is 5.82 Å². The topological polar surface area (TPSA) is 101 Å². The Morgan fingerprint density at radius 3 is 2.74 bits per heavy atom. The summed E-state index contributed by atoms with van der Waals surface area (Å²) in [6.07, 6.45) is 1.64. The van der Waals surface area contributed by atoms with E-state index in [0.717, 1.165) is 16.7 Å². The third-order valence-electron chi connectivity index (χ3n) is 3.18. The third-order valence-corrected chi connectivity index (χ3v) is 4.83. The second-order valence-electron chi connectivity index (χ2n) is 4.55. The van der Waals surface area contributed by atoms with Gasteiger partial charge in [0.1, 0.15) is 5.75 Å². The number of nitrogens with one attached hydrogen (secondary N) is 1. The molecule has 0 atom stereocenters. The van der Waals surface area contributed by atoms with Gasteiger partial charge in [-0.15, -0.1) is 10.2 Å². The van der Waals surface area contributed by atoms with Crippen LogP contribution in [0.1, 0.15) is 5.56 Å². The molecule has 3 rings (SSSR count). The van der Waals surface area contributed by atoms with Gasteiger partial charge in [-0.05, 0) is 40.7 Å². The number of hydrogen-bond acceptors (Lipinski definition) is 7. The van der Waals surface area contributed by atoms with Crippen molar-refractivity contribution < 1.29 is 14.3 Å². The number of rotatable bonds is 3. The van der Waals surface area contributed by atoms with Crippen molar-refractivity contribution in [2.75, 3.05) is 14.2 Å². The Morgan fingerprint density at radius 1 is 1.39 bits per heavy atom. The number of carbonyl (C=O) groups excluding carboxylic acids is 2. The predicted molar refractivity (Wildman–Crippen MR) is 87.6 cm³/mol. The van der Waals surface area contributed by atoms with Crippen molar-refractivity contribution >= 4 is 44.9 Å². The van der Waals surface area contributed by atoms with Gasteiger partial charge in [-0.1, -0.05) is 15.9 Å². The minimum atomic E-state index is -0.326. The summed E-state index contributed by atoms with van der Waals surface area (Å²) in [6.45, 7) is 0. The molecule has 0 bridgehead atoms. The first-order chi connectivity index (χ1) is 11.0. The highest BCUT2D eigenvalue weighted by Crippen LogP contribution is 2.37. The molecule has 2 amide bonds. The number of tetrazole rings is 1. The predicted octanol–water partition coefficient (Wildman–Crippen LogP) is 2.30. The molecular weight excluding hydrogens is 386 g/mol. The van der Waals surface area contributed by atoms with E-state index in [9.17, 15) is 9.59 Å². The molecule has 118 valence electrons. The van der Waals surface area contributed by atoms with Crippen LogP contribution in [-0.2, 0) is 4.79 Å². The molecule has 1 aliphatic rings. The van der Waals surface area contributed by atoms with E-state index in [-0.39, 0.29) is 11.1 Å². The molecule has 1 aromatic heterocycles. The number of ether oxygens (including phenoxy) is 1. The van der Waals surface area contributed by atoms with Crippen molar-refractivity contribution in [1.29, 1.82) is 0 Å². The number of amides is 2. The Labute approximate surface area is 143 Å². The summed E-state index contributed by atoms with van der Waals surface area (Å²) < 4.78 is 6.07. The Hall–Kier alpha value is -2.20. The van der Waals surface area contributed by atoms with Crippen molar-refractivity contribution in [3.63, 3.8) is 0 Å². The summed E-state index contributed by atoms with van der Waals surface area (Å²) in [5, 5.41) is 13.5.